The number of ketones is 1. The quantitative estimate of drug-likeness (QED) is 0.372. The van der Waals surface area contributed by atoms with Gasteiger partial charge in [0.15, 0.2) is 11.6 Å². The number of likely N-dealkylation sites (tertiary alicyclic amines) is 1. The topological polar surface area (TPSA) is 46.3 Å². The number of rotatable bonds is 7. The monoisotopic (exact) mass is 467 g/mol. The molecule has 1 unspecified atom stereocenters. The highest BCUT2D eigenvalue weighted by Gasteiger charge is 2.27. The molecule has 1 saturated heterocycles. The first-order chi connectivity index (χ1) is 15.8. The molecule has 1 atom stereocenters. The maximum Gasteiger partial charge on any atom is 0.203 e. The average molecular weight is 468 g/mol. The molecule has 174 valence electrons. The fourth-order valence-electron chi connectivity index (χ4n) is 4.22. The molecule has 0 radical (unpaired) electrons. The molecule has 1 fully saturated rings. The van der Waals surface area contributed by atoms with Gasteiger partial charge in [0.25, 0.3) is 0 Å². The second kappa shape index (κ2) is 10.1. The molecule has 1 aliphatic heterocycles. The Balaban J connectivity index is 1.52. The summed E-state index contributed by atoms with van der Waals surface area (Å²) >= 11 is 5.80. The molecule has 0 N–H and O–H groups in total. The van der Waals surface area contributed by atoms with Gasteiger partial charge in [-0.25, -0.2) is 9.07 Å². The molecule has 3 aromatic rings. The summed E-state index contributed by atoms with van der Waals surface area (Å²) in [5.41, 5.74) is 1.59. The SMILES string of the molecule is CC(c1nn(CN2CCC(C(=O)c3ccccc3)CC2)c(=S)n1-c1ccc(F)cc1)N(C)C. The number of piperidine rings is 1. The van der Waals surface area contributed by atoms with Crippen molar-refractivity contribution in [2.45, 2.75) is 32.5 Å². The van der Waals surface area contributed by atoms with E-state index in [2.05, 4.69) is 16.7 Å². The van der Waals surface area contributed by atoms with E-state index in [9.17, 15) is 9.18 Å². The average Bonchev–Trinajstić information content (AvgIpc) is 3.15. The lowest BCUT2D eigenvalue weighted by atomic mass is 9.89. The van der Waals surface area contributed by atoms with Gasteiger partial charge in [0.2, 0.25) is 4.77 Å². The van der Waals surface area contributed by atoms with Gasteiger partial charge in [0, 0.05) is 30.3 Å². The van der Waals surface area contributed by atoms with Crippen LogP contribution >= 0.6 is 12.2 Å². The minimum absolute atomic E-state index is 0.0206. The number of nitrogens with zero attached hydrogens (tertiary/aromatic N) is 5. The number of benzene rings is 2. The fourth-order valence-corrected chi connectivity index (χ4v) is 4.51. The Bertz CT molecular complexity index is 1150. The molecule has 33 heavy (non-hydrogen) atoms. The first-order valence-electron chi connectivity index (χ1n) is 11.3. The van der Waals surface area contributed by atoms with Crippen molar-refractivity contribution in [3.8, 4) is 5.69 Å². The molecule has 1 aliphatic rings. The summed E-state index contributed by atoms with van der Waals surface area (Å²) in [4.78, 5) is 17.2. The van der Waals surface area contributed by atoms with E-state index in [0.717, 1.165) is 43.0 Å². The van der Waals surface area contributed by atoms with E-state index < -0.39 is 0 Å². The lowest BCUT2D eigenvalue weighted by Gasteiger charge is -2.30. The highest BCUT2D eigenvalue weighted by Crippen LogP contribution is 2.24. The van der Waals surface area contributed by atoms with Crippen molar-refractivity contribution in [3.05, 3.63) is 76.6 Å². The fraction of sp³-hybridized carbons (Fsp3) is 0.400. The van der Waals surface area contributed by atoms with Crippen LogP contribution in [0.2, 0.25) is 0 Å². The second-order valence-corrected chi connectivity index (χ2v) is 9.22. The van der Waals surface area contributed by atoms with Crippen molar-refractivity contribution >= 4 is 18.0 Å². The van der Waals surface area contributed by atoms with Gasteiger partial charge >= 0.3 is 0 Å². The predicted octanol–water partition coefficient (Wildman–Crippen LogP) is 4.72. The Labute approximate surface area is 199 Å². The number of carbonyl (C=O) groups excluding carboxylic acids is 1. The van der Waals surface area contributed by atoms with Crippen LogP contribution in [0.25, 0.3) is 5.69 Å². The van der Waals surface area contributed by atoms with Crippen LogP contribution in [0.15, 0.2) is 54.6 Å². The van der Waals surface area contributed by atoms with Crippen LogP contribution in [0, 0.1) is 16.5 Å². The number of hydrogen-bond donors (Lipinski definition) is 0. The third-order valence-corrected chi connectivity index (χ3v) is 6.84. The lowest BCUT2D eigenvalue weighted by molar-refractivity contribution is 0.0803. The normalized spacial score (nSPS) is 16.3. The highest BCUT2D eigenvalue weighted by atomic mass is 32.1. The molecule has 0 saturated carbocycles. The van der Waals surface area contributed by atoms with Crippen molar-refractivity contribution in [1.29, 1.82) is 0 Å². The zero-order valence-electron chi connectivity index (χ0n) is 19.3. The molecular formula is C25H30FN5OS. The maximum atomic E-state index is 13.5. The van der Waals surface area contributed by atoms with Crippen molar-refractivity contribution in [2.75, 3.05) is 27.2 Å². The molecule has 1 aromatic heterocycles. The molecule has 2 aromatic carbocycles. The standard InChI is InChI=1S/C25H30FN5OS/c1-18(28(2)3)24-27-30(25(33)31(24)22-11-9-21(26)10-12-22)17-29-15-13-20(14-16-29)23(32)19-7-5-4-6-8-19/h4-12,18,20H,13-17H2,1-3H3. The van der Waals surface area contributed by atoms with E-state index >= 15 is 0 Å². The summed E-state index contributed by atoms with van der Waals surface area (Å²) in [5, 5.41) is 4.86. The van der Waals surface area contributed by atoms with Crippen molar-refractivity contribution in [3.63, 3.8) is 0 Å². The van der Waals surface area contributed by atoms with Crippen LogP contribution in [-0.2, 0) is 6.67 Å². The number of Topliss-reactive ketones (excluding diaryl/α,β-unsaturated/α-hetero) is 1. The van der Waals surface area contributed by atoms with E-state index in [-0.39, 0.29) is 23.6 Å². The van der Waals surface area contributed by atoms with E-state index in [0.29, 0.717) is 11.4 Å². The molecule has 0 bridgehead atoms. The summed E-state index contributed by atoms with van der Waals surface area (Å²) in [5.74, 6) is 0.811. The molecule has 6 nitrogen and oxygen atoms in total. The minimum Gasteiger partial charge on any atom is -0.300 e. The Morgan fingerprint density at radius 1 is 1.12 bits per heavy atom. The Hall–Kier alpha value is -2.68. The smallest absolute Gasteiger partial charge is 0.203 e. The summed E-state index contributed by atoms with van der Waals surface area (Å²) in [6, 6.07) is 15.9. The summed E-state index contributed by atoms with van der Waals surface area (Å²) in [6.07, 6.45) is 1.64. The summed E-state index contributed by atoms with van der Waals surface area (Å²) < 4.78 is 17.8. The lowest BCUT2D eigenvalue weighted by Crippen LogP contribution is -2.37. The Kier molecular flexibility index (Phi) is 7.17. The number of carbonyl (C=O) groups is 1. The van der Waals surface area contributed by atoms with E-state index in [1.165, 1.54) is 12.1 Å². The van der Waals surface area contributed by atoms with Crippen LogP contribution in [0.5, 0.6) is 0 Å². The van der Waals surface area contributed by atoms with Gasteiger partial charge in [-0.15, -0.1) is 0 Å². The molecule has 0 aliphatic carbocycles. The van der Waals surface area contributed by atoms with Gasteiger partial charge in [-0.2, -0.15) is 5.10 Å². The Morgan fingerprint density at radius 3 is 2.36 bits per heavy atom. The molecule has 0 spiro atoms. The van der Waals surface area contributed by atoms with Crippen LogP contribution < -0.4 is 0 Å². The first-order valence-corrected chi connectivity index (χ1v) is 11.7. The van der Waals surface area contributed by atoms with Gasteiger partial charge < -0.3 is 0 Å². The second-order valence-electron chi connectivity index (χ2n) is 8.86. The highest BCUT2D eigenvalue weighted by molar-refractivity contribution is 7.71. The maximum absolute atomic E-state index is 13.5. The van der Waals surface area contributed by atoms with E-state index in [1.54, 1.807) is 12.1 Å². The van der Waals surface area contributed by atoms with Crippen molar-refractivity contribution < 1.29 is 9.18 Å². The summed E-state index contributed by atoms with van der Waals surface area (Å²) in [6.45, 7) is 4.26. The number of halogens is 1. The molecule has 4 rings (SSSR count). The molecule has 8 heteroatoms. The Morgan fingerprint density at radius 2 is 1.76 bits per heavy atom. The van der Waals surface area contributed by atoms with Crippen LogP contribution in [-0.4, -0.2) is 57.1 Å². The van der Waals surface area contributed by atoms with Gasteiger partial charge in [0.05, 0.1) is 12.7 Å². The molecule has 0 amide bonds. The largest absolute Gasteiger partial charge is 0.300 e. The third kappa shape index (κ3) is 5.13. The van der Waals surface area contributed by atoms with E-state index in [4.69, 9.17) is 17.3 Å². The summed E-state index contributed by atoms with van der Waals surface area (Å²) in [7, 11) is 3.99. The van der Waals surface area contributed by atoms with Crippen molar-refractivity contribution in [1.82, 2.24) is 24.1 Å². The van der Waals surface area contributed by atoms with Gasteiger partial charge in [-0.1, -0.05) is 30.3 Å². The molecular weight excluding hydrogens is 437 g/mol. The first kappa shape index (κ1) is 23.5. The van der Waals surface area contributed by atoms with Crippen LogP contribution in [0.1, 0.15) is 42.0 Å². The van der Waals surface area contributed by atoms with E-state index in [1.807, 2.05) is 53.7 Å². The zero-order valence-corrected chi connectivity index (χ0v) is 20.1. The van der Waals surface area contributed by atoms with Gasteiger partial charge in [-0.3, -0.25) is 19.2 Å². The molecule has 2 heterocycles. The zero-order chi connectivity index (χ0) is 23.5. The number of hydrogen-bond acceptors (Lipinski definition) is 5. The third-order valence-electron chi connectivity index (χ3n) is 6.45. The van der Waals surface area contributed by atoms with Crippen molar-refractivity contribution in [2.24, 2.45) is 5.92 Å². The predicted molar refractivity (Wildman–Crippen MR) is 130 cm³/mol. The minimum atomic E-state index is -0.284. The van der Waals surface area contributed by atoms with Crippen LogP contribution in [0.3, 0.4) is 0 Å². The van der Waals surface area contributed by atoms with Crippen LogP contribution in [0.4, 0.5) is 4.39 Å². The number of aromatic nitrogens is 3. The van der Waals surface area contributed by atoms with Gasteiger partial charge in [-0.05, 0) is 70.3 Å². The van der Waals surface area contributed by atoms with Gasteiger partial charge in [0.1, 0.15) is 5.82 Å².